The zero-order valence-corrected chi connectivity index (χ0v) is 10.2. The van der Waals surface area contributed by atoms with Crippen LogP contribution in [0.4, 0.5) is 5.69 Å². The topological polar surface area (TPSA) is 67.4 Å². The number of rotatable bonds is 6. The third-order valence-corrected chi connectivity index (χ3v) is 2.16. The molecule has 0 aromatic heterocycles. The summed E-state index contributed by atoms with van der Waals surface area (Å²) in [5.41, 5.74) is 1.08. The number of carbonyl (C=O) groups is 2. The van der Waals surface area contributed by atoms with Gasteiger partial charge in [0.1, 0.15) is 0 Å². The Morgan fingerprint density at radius 1 is 1.33 bits per heavy atom. The number of nitrogens with one attached hydrogen (secondary N) is 2. The monoisotopic (exact) mass is 248 g/mol. The Hall–Kier alpha value is -2.14. The molecule has 0 aliphatic rings. The number of hydrogen-bond acceptors (Lipinski definition) is 4. The highest BCUT2D eigenvalue weighted by molar-refractivity contribution is 5.93. The molecular weight excluding hydrogens is 232 g/mol. The Kier molecular flexibility index (Phi) is 5.60. The molecule has 1 aromatic rings. The van der Waals surface area contributed by atoms with Crippen molar-refractivity contribution in [1.29, 1.82) is 0 Å². The minimum Gasteiger partial charge on any atom is -0.465 e. The van der Waals surface area contributed by atoms with Gasteiger partial charge < -0.3 is 15.4 Å². The van der Waals surface area contributed by atoms with Crippen molar-refractivity contribution in [2.45, 2.75) is 0 Å². The van der Waals surface area contributed by atoms with E-state index < -0.39 is 5.97 Å². The average Bonchev–Trinajstić information content (AvgIpc) is 2.39. The molecule has 0 unspecified atom stereocenters. The van der Waals surface area contributed by atoms with E-state index in [1.54, 1.807) is 30.3 Å². The van der Waals surface area contributed by atoms with Gasteiger partial charge in [-0.15, -0.1) is 6.58 Å². The fourth-order valence-electron chi connectivity index (χ4n) is 1.30. The maximum atomic E-state index is 11.5. The number of ether oxygens (including phenoxy) is 1. The number of hydrogen-bond donors (Lipinski definition) is 2. The van der Waals surface area contributed by atoms with Crippen LogP contribution in [0.25, 0.3) is 0 Å². The minimum atomic E-state index is -0.402. The molecule has 0 saturated carbocycles. The van der Waals surface area contributed by atoms with Crippen LogP contribution in [0.5, 0.6) is 0 Å². The lowest BCUT2D eigenvalue weighted by Gasteiger charge is -2.06. The number of anilines is 1. The van der Waals surface area contributed by atoms with Crippen LogP contribution < -0.4 is 10.6 Å². The van der Waals surface area contributed by atoms with Gasteiger partial charge in [-0.2, -0.15) is 0 Å². The van der Waals surface area contributed by atoms with Crippen LogP contribution in [0.15, 0.2) is 36.9 Å². The van der Waals surface area contributed by atoms with E-state index in [9.17, 15) is 9.59 Å². The van der Waals surface area contributed by atoms with Crippen molar-refractivity contribution in [1.82, 2.24) is 5.32 Å². The van der Waals surface area contributed by atoms with E-state index in [0.717, 1.165) is 0 Å². The van der Waals surface area contributed by atoms with Crippen LogP contribution in [-0.4, -0.2) is 32.1 Å². The van der Waals surface area contributed by atoms with Crippen LogP contribution in [0.2, 0.25) is 0 Å². The summed E-state index contributed by atoms with van der Waals surface area (Å²) in [4.78, 5) is 22.7. The number of carbonyl (C=O) groups excluding carboxylic acids is 2. The van der Waals surface area contributed by atoms with Crippen LogP contribution in [-0.2, 0) is 9.53 Å². The van der Waals surface area contributed by atoms with E-state index >= 15 is 0 Å². The number of methoxy groups -OCH3 is 1. The van der Waals surface area contributed by atoms with Gasteiger partial charge in [-0.05, 0) is 24.3 Å². The zero-order valence-electron chi connectivity index (χ0n) is 10.2. The normalized spacial score (nSPS) is 9.61. The van der Waals surface area contributed by atoms with Crippen molar-refractivity contribution >= 4 is 17.6 Å². The molecule has 0 saturated heterocycles. The molecule has 0 bridgehead atoms. The number of benzene rings is 1. The first-order valence-corrected chi connectivity index (χ1v) is 5.47. The lowest BCUT2D eigenvalue weighted by molar-refractivity contribution is -0.115. The molecule has 0 aliphatic heterocycles. The van der Waals surface area contributed by atoms with Crippen LogP contribution in [0, 0.1) is 0 Å². The first-order chi connectivity index (χ1) is 8.67. The van der Waals surface area contributed by atoms with Gasteiger partial charge in [-0.3, -0.25) is 4.79 Å². The first-order valence-electron chi connectivity index (χ1n) is 5.47. The summed E-state index contributed by atoms with van der Waals surface area (Å²) in [6.45, 7) is 4.33. The second-order valence-corrected chi connectivity index (χ2v) is 3.54. The maximum Gasteiger partial charge on any atom is 0.337 e. The third-order valence-electron chi connectivity index (χ3n) is 2.16. The predicted molar refractivity (Wildman–Crippen MR) is 69.5 cm³/mol. The minimum absolute atomic E-state index is 0.150. The van der Waals surface area contributed by atoms with Gasteiger partial charge in [-0.25, -0.2) is 4.79 Å². The summed E-state index contributed by atoms with van der Waals surface area (Å²) in [6.07, 6.45) is 1.68. The van der Waals surface area contributed by atoms with E-state index in [2.05, 4.69) is 21.9 Å². The van der Waals surface area contributed by atoms with Crippen LogP contribution in [0.3, 0.4) is 0 Å². The van der Waals surface area contributed by atoms with E-state index in [1.807, 2.05) is 0 Å². The SMILES string of the molecule is C=CCNCC(=O)Nc1ccc(C(=O)OC)cc1. The first kappa shape index (κ1) is 13.9. The van der Waals surface area contributed by atoms with E-state index in [-0.39, 0.29) is 12.5 Å². The number of esters is 1. The van der Waals surface area contributed by atoms with Crippen LogP contribution in [0.1, 0.15) is 10.4 Å². The zero-order chi connectivity index (χ0) is 13.4. The van der Waals surface area contributed by atoms with E-state index in [0.29, 0.717) is 17.8 Å². The fourth-order valence-corrected chi connectivity index (χ4v) is 1.30. The molecule has 5 heteroatoms. The van der Waals surface area contributed by atoms with Gasteiger partial charge in [0.15, 0.2) is 0 Å². The Labute approximate surface area is 106 Å². The maximum absolute atomic E-state index is 11.5. The van der Waals surface area contributed by atoms with Crippen molar-refractivity contribution < 1.29 is 14.3 Å². The molecule has 2 N–H and O–H groups in total. The lowest BCUT2D eigenvalue weighted by atomic mass is 10.2. The summed E-state index contributed by atoms with van der Waals surface area (Å²) in [7, 11) is 1.32. The molecule has 0 radical (unpaired) electrons. The standard InChI is InChI=1S/C13H16N2O3/c1-3-8-14-9-12(16)15-11-6-4-10(5-7-11)13(17)18-2/h3-7,14H,1,8-9H2,2H3,(H,15,16). The summed E-state index contributed by atoms with van der Waals surface area (Å²) < 4.78 is 4.58. The van der Waals surface area contributed by atoms with Gasteiger partial charge in [-0.1, -0.05) is 6.08 Å². The molecule has 0 atom stereocenters. The Bertz CT molecular complexity index is 426. The molecule has 1 rings (SSSR count). The lowest BCUT2D eigenvalue weighted by Crippen LogP contribution is -2.28. The van der Waals surface area contributed by atoms with Crippen molar-refractivity contribution in [3.63, 3.8) is 0 Å². The molecule has 96 valence electrons. The molecule has 0 fully saturated rings. The largest absolute Gasteiger partial charge is 0.465 e. The van der Waals surface area contributed by atoms with E-state index in [1.165, 1.54) is 7.11 Å². The summed E-state index contributed by atoms with van der Waals surface area (Å²) in [6, 6.07) is 6.49. The summed E-state index contributed by atoms with van der Waals surface area (Å²) in [5.74, 6) is -0.553. The Morgan fingerprint density at radius 3 is 2.56 bits per heavy atom. The van der Waals surface area contributed by atoms with Gasteiger partial charge in [0.25, 0.3) is 0 Å². The third kappa shape index (κ3) is 4.39. The molecule has 18 heavy (non-hydrogen) atoms. The summed E-state index contributed by atoms with van der Waals surface area (Å²) in [5, 5.41) is 5.59. The van der Waals surface area contributed by atoms with Crippen molar-refractivity contribution in [2.24, 2.45) is 0 Å². The highest BCUT2D eigenvalue weighted by Gasteiger charge is 2.05. The molecule has 0 spiro atoms. The molecule has 0 aliphatic carbocycles. The summed E-state index contributed by atoms with van der Waals surface area (Å²) >= 11 is 0. The van der Waals surface area contributed by atoms with Gasteiger partial charge in [0.05, 0.1) is 19.2 Å². The predicted octanol–water partition coefficient (Wildman–Crippen LogP) is 1.19. The van der Waals surface area contributed by atoms with E-state index in [4.69, 9.17) is 0 Å². The Morgan fingerprint density at radius 2 is 2.00 bits per heavy atom. The number of amides is 1. The molecule has 1 amide bonds. The van der Waals surface area contributed by atoms with Crippen LogP contribution >= 0.6 is 0 Å². The quantitative estimate of drug-likeness (QED) is 0.451. The molecular formula is C13H16N2O3. The molecule has 0 heterocycles. The van der Waals surface area contributed by atoms with Gasteiger partial charge in [0, 0.05) is 12.2 Å². The molecule has 5 nitrogen and oxygen atoms in total. The fraction of sp³-hybridized carbons (Fsp3) is 0.231. The highest BCUT2D eigenvalue weighted by Crippen LogP contribution is 2.10. The van der Waals surface area contributed by atoms with Crippen molar-refractivity contribution in [3.8, 4) is 0 Å². The Balaban J connectivity index is 2.50. The van der Waals surface area contributed by atoms with Gasteiger partial charge >= 0.3 is 5.97 Å². The van der Waals surface area contributed by atoms with Crippen molar-refractivity contribution in [3.05, 3.63) is 42.5 Å². The highest BCUT2D eigenvalue weighted by atomic mass is 16.5. The second kappa shape index (κ2) is 7.24. The van der Waals surface area contributed by atoms with Gasteiger partial charge in [0.2, 0.25) is 5.91 Å². The average molecular weight is 248 g/mol. The van der Waals surface area contributed by atoms with Crippen molar-refractivity contribution in [2.75, 3.05) is 25.5 Å². The smallest absolute Gasteiger partial charge is 0.337 e. The molecule has 1 aromatic carbocycles. The second-order valence-electron chi connectivity index (χ2n) is 3.54.